The minimum atomic E-state index is -0.630. The lowest BCUT2D eigenvalue weighted by Gasteiger charge is -2.15. The van der Waals surface area contributed by atoms with Crippen molar-refractivity contribution in [3.63, 3.8) is 0 Å². The largest absolute Gasteiger partial charge is 0.338 e. The summed E-state index contributed by atoms with van der Waals surface area (Å²) in [7, 11) is 0. The van der Waals surface area contributed by atoms with E-state index in [0.29, 0.717) is 10.9 Å². The van der Waals surface area contributed by atoms with E-state index in [-0.39, 0.29) is 17.6 Å². The molecule has 0 aliphatic heterocycles. The van der Waals surface area contributed by atoms with Gasteiger partial charge in [0.05, 0.1) is 10.5 Å². The smallest absolute Gasteiger partial charge is 0.224 e. The first-order chi connectivity index (χ1) is 8.96. The Bertz CT molecular complexity index is 549. The molecule has 0 bridgehead atoms. The van der Waals surface area contributed by atoms with Gasteiger partial charge in [-0.05, 0) is 52.9 Å². The van der Waals surface area contributed by atoms with E-state index in [1.54, 1.807) is 19.1 Å². The van der Waals surface area contributed by atoms with Crippen molar-refractivity contribution in [2.45, 2.75) is 31.7 Å². The summed E-state index contributed by atoms with van der Waals surface area (Å²) in [5, 5.41) is 11.7. The van der Waals surface area contributed by atoms with E-state index in [9.17, 15) is 9.18 Å². The molecule has 1 aromatic carbocycles. The van der Waals surface area contributed by atoms with Crippen LogP contribution in [0, 0.1) is 23.1 Å². The Morgan fingerprint density at radius 2 is 2.32 bits per heavy atom. The number of nitrogens with zero attached hydrogens (tertiary/aromatic N) is 1. The van der Waals surface area contributed by atoms with Crippen molar-refractivity contribution in [2.75, 3.05) is 0 Å². The van der Waals surface area contributed by atoms with Gasteiger partial charge in [-0.3, -0.25) is 4.79 Å². The molecule has 1 atom stereocenters. The molecule has 1 aliphatic rings. The second-order valence-electron chi connectivity index (χ2n) is 5.04. The maximum absolute atomic E-state index is 13.1. The van der Waals surface area contributed by atoms with E-state index in [1.807, 2.05) is 0 Å². The Kier molecular flexibility index (Phi) is 3.91. The van der Waals surface area contributed by atoms with E-state index >= 15 is 0 Å². The monoisotopic (exact) mass is 324 g/mol. The van der Waals surface area contributed by atoms with Crippen LogP contribution < -0.4 is 5.32 Å². The fraction of sp³-hybridized carbons (Fsp3) is 0.429. The third-order valence-corrected chi connectivity index (χ3v) is 3.91. The zero-order chi connectivity index (χ0) is 14.0. The molecule has 1 N–H and O–H groups in total. The van der Waals surface area contributed by atoms with Crippen LogP contribution >= 0.6 is 15.9 Å². The van der Waals surface area contributed by atoms with E-state index in [0.717, 1.165) is 18.4 Å². The van der Waals surface area contributed by atoms with Crippen molar-refractivity contribution in [3.05, 3.63) is 34.1 Å². The Hall–Kier alpha value is -1.41. The van der Waals surface area contributed by atoms with Crippen molar-refractivity contribution < 1.29 is 9.18 Å². The molecular formula is C14H14BrFN2O. The summed E-state index contributed by atoms with van der Waals surface area (Å²) in [4.78, 5) is 12.0. The Labute approximate surface area is 119 Å². The van der Waals surface area contributed by atoms with Gasteiger partial charge in [-0.25, -0.2) is 4.39 Å². The molecule has 1 unspecified atom stereocenters. The molecule has 100 valence electrons. The van der Waals surface area contributed by atoms with E-state index < -0.39 is 5.54 Å². The molecule has 1 fully saturated rings. The summed E-state index contributed by atoms with van der Waals surface area (Å²) >= 11 is 3.12. The maximum atomic E-state index is 13.1. The maximum Gasteiger partial charge on any atom is 0.224 e. The predicted molar refractivity (Wildman–Crippen MR) is 72.7 cm³/mol. The number of halogens is 2. The molecule has 19 heavy (non-hydrogen) atoms. The quantitative estimate of drug-likeness (QED) is 0.925. The average molecular weight is 325 g/mol. The van der Waals surface area contributed by atoms with Crippen molar-refractivity contribution in [1.29, 1.82) is 5.26 Å². The Balaban J connectivity index is 1.97. The normalized spacial score (nSPS) is 17.4. The van der Waals surface area contributed by atoms with Gasteiger partial charge in [-0.2, -0.15) is 5.26 Å². The van der Waals surface area contributed by atoms with E-state index in [2.05, 4.69) is 27.3 Å². The van der Waals surface area contributed by atoms with Gasteiger partial charge in [0.15, 0.2) is 0 Å². The summed E-state index contributed by atoms with van der Waals surface area (Å²) < 4.78 is 13.5. The zero-order valence-electron chi connectivity index (χ0n) is 10.5. The first-order valence-electron chi connectivity index (χ1n) is 6.13. The fourth-order valence-corrected chi connectivity index (χ4v) is 2.29. The highest BCUT2D eigenvalue weighted by Gasteiger charge is 2.45. The summed E-state index contributed by atoms with van der Waals surface area (Å²) in [5.74, 6) is -0.690. The molecule has 0 saturated heterocycles. The first-order valence-corrected chi connectivity index (χ1v) is 6.92. The first kappa shape index (κ1) is 14.0. The van der Waals surface area contributed by atoms with Crippen LogP contribution in [0.5, 0.6) is 0 Å². The van der Waals surface area contributed by atoms with Gasteiger partial charge in [-0.15, -0.1) is 0 Å². The summed E-state index contributed by atoms with van der Waals surface area (Å²) in [6, 6.07) is 6.85. The highest BCUT2D eigenvalue weighted by molar-refractivity contribution is 9.10. The van der Waals surface area contributed by atoms with E-state index in [1.165, 1.54) is 6.07 Å². The van der Waals surface area contributed by atoms with Gasteiger partial charge in [0.2, 0.25) is 5.91 Å². The van der Waals surface area contributed by atoms with Gasteiger partial charge in [0.1, 0.15) is 11.4 Å². The highest BCUT2D eigenvalue weighted by atomic mass is 79.9. The Morgan fingerprint density at radius 1 is 1.63 bits per heavy atom. The second kappa shape index (κ2) is 5.30. The molecule has 1 saturated carbocycles. The van der Waals surface area contributed by atoms with Crippen LogP contribution in [0.2, 0.25) is 0 Å². The number of nitrogens with one attached hydrogen (secondary N) is 1. The van der Waals surface area contributed by atoms with Crippen LogP contribution in [0.1, 0.15) is 25.3 Å². The second-order valence-corrected chi connectivity index (χ2v) is 5.89. The minimum Gasteiger partial charge on any atom is -0.338 e. The van der Waals surface area contributed by atoms with Crippen LogP contribution in [0.3, 0.4) is 0 Å². The van der Waals surface area contributed by atoms with E-state index in [4.69, 9.17) is 5.26 Å². The summed E-state index contributed by atoms with van der Waals surface area (Å²) in [6.07, 6.45) is 1.97. The SMILES string of the molecule is CC(Cc1ccc(F)c(Br)c1)C(=O)NC1(C#N)CC1. The lowest BCUT2D eigenvalue weighted by Crippen LogP contribution is -2.39. The molecule has 3 nitrogen and oxygen atoms in total. The minimum absolute atomic E-state index is 0.125. The number of carbonyl (C=O) groups is 1. The zero-order valence-corrected chi connectivity index (χ0v) is 12.1. The third kappa shape index (κ3) is 3.32. The molecule has 1 aliphatic carbocycles. The van der Waals surface area contributed by atoms with Crippen molar-refractivity contribution in [3.8, 4) is 6.07 Å². The highest BCUT2D eigenvalue weighted by Crippen LogP contribution is 2.34. The molecule has 1 aromatic rings. The number of rotatable bonds is 4. The van der Waals surface area contributed by atoms with Gasteiger partial charge in [0, 0.05) is 5.92 Å². The number of benzene rings is 1. The van der Waals surface area contributed by atoms with Gasteiger partial charge in [-0.1, -0.05) is 13.0 Å². The van der Waals surface area contributed by atoms with Crippen molar-refractivity contribution in [2.24, 2.45) is 5.92 Å². The predicted octanol–water partition coefficient (Wildman–Crippen LogP) is 2.94. The molecule has 2 rings (SSSR count). The van der Waals surface area contributed by atoms with Crippen LogP contribution in [-0.4, -0.2) is 11.4 Å². The summed E-state index contributed by atoms with van der Waals surface area (Å²) in [5.41, 5.74) is 0.257. The van der Waals surface area contributed by atoms with Crippen molar-refractivity contribution in [1.82, 2.24) is 5.32 Å². The molecular weight excluding hydrogens is 311 g/mol. The topological polar surface area (TPSA) is 52.9 Å². The number of hydrogen-bond acceptors (Lipinski definition) is 2. The Morgan fingerprint density at radius 3 is 2.84 bits per heavy atom. The molecule has 0 heterocycles. The molecule has 0 aromatic heterocycles. The van der Waals surface area contributed by atoms with Crippen LogP contribution in [-0.2, 0) is 11.2 Å². The van der Waals surface area contributed by atoms with Gasteiger partial charge in [0.25, 0.3) is 0 Å². The van der Waals surface area contributed by atoms with Crippen LogP contribution in [0.4, 0.5) is 4.39 Å². The number of nitriles is 1. The molecule has 0 radical (unpaired) electrons. The molecule has 1 amide bonds. The fourth-order valence-electron chi connectivity index (χ4n) is 1.86. The van der Waals surface area contributed by atoms with Gasteiger partial charge >= 0.3 is 0 Å². The third-order valence-electron chi connectivity index (χ3n) is 3.30. The standard InChI is InChI=1S/C14H14BrFN2O/c1-9(13(19)18-14(8-17)4-5-14)6-10-2-3-12(16)11(15)7-10/h2-3,7,9H,4-6H2,1H3,(H,18,19). The number of hydrogen-bond donors (Lipinski definition) is 1. The number of amides is 1. The lowest BCUT2D eigenvalue weighted by atomic mass is 10.00. The summed E-state index contributed by atoms with van der Waals surface area (Å²) in [6.45, 7) is 1.81. The van der Waals surface area contributed by atoms with Gasteiger partial charge < -0.3 is 5.32 Å². The average Bonchev–Trinajstić information content (AvgIpc) is 3.14. The number of carbonyl (C=O) groups excluding carboxylic acids is 1. The molecule has 5 heteroatoms. The van der Waals surface area contributed by atoms with Crippen LogP contribution in [0.25, 0.3) is 0 Å². The lowest BCUT2D eigenvalue weighted by molar-refractivity contribution is -0.125. The van der Waals surface area contributed by atoms with Crippen molar-refractivity contribution >= 4 is 21.8 Å². The molecule has 0 spiro atoms. The van der Waals surface area contributed by atoms with Crippen LogP contribution in [0.15, 0.2) is 22.7 Å².